The number of carboxylic acids is 1. The van der Waals surface area contributed by atoms with E-state index in [9.17, 15) is 9.59 Å². The number of rotatable bonds is 9. The normalized spacial score (nSPS) is 11.7. The molecule has 0 radical (unpaired) electrons. The van der Waals surface area contributed by atoms with E-state index in [0.717, 1.165) is 18.7 Å². The van der Waals surface area contributed by atoms with Gasteiger partial charge >= 0.3 is 5.97 Å². The van der Waals surface area contributed by atoms with Gasteiger partial charge in [-0.1, -0.05) is 6.92 Å². The fraction of sp³-hybridized carbons (Fsp3) is 0.533. The van der Waals surface area contributed by atoms with Crippen molar-refractivity contribution in [2.24, 2.45) is 5.92 Å². The van der Waals surface area contributed by atoms with Gasteiger partial charge in [0.1, 0.15) is 5.69 Å². The average Bonchev–Trinajstić information content (AvgIpc) is 2.46. The van der Waals surface area contributed by atoms with Crippen LogP contribution in [-0.4, -0.2) is 35.1 Å². The molecule has 1 rings (SSSR count). The van der Waals surface area contributed by atoms with Gasteiger partial charge < -0.3 is 15.7 Å². The Labute approximate surface area is 125 Å². The van der Waals surface area contributed by atoms with Crippen LogP contribution in [0.1, 0.15) is 43.6 Å². The number of carbonyl (C=O) groups is 2. The van der Waals surface area contributed by atoms with Crippen LogP contribution in [0.3, 0.4) is 0 Å². The smallest absolute Gasteiger partial charge is 0.303 e. The van der Waals surface area contributed by atoms with Crippen molar-refractivity contribution in [3.63, 3.8) is 0 Å². The fourth-order valence-electron chi connectivity index (χ4n) is 1.89. The first-order valence-electron chi connectivity index (χ1n) is 7.22. The Hall–Kier alpha value is -2.11. The van der Waals surface area contributed by atoms with Crippen LogP contribution in [0.4, 0.5) is 5.69 Å². The van der Waals surface area contributed by atoms with E-state index in [1.165, 1.54) is 0 Å². The lowest BCUT2D eigenvalue weighted by Crippen LogP contribution is -2.23. The summed E-state index contributed by atoms with van der Waals surface area (Å²) in [6.07, 6.45) is 3.36. The number of nitrogens with one attached hydrogen (secondary N) is 2. The van der Waals surface area contributed by atoms with Crippen LogP contribution in [0.5, 0.6) is 0 Å². The zero-order valence-electron chi connectivity index (χ0n) is 12.6. The first-order valence-corrected chi connectivity index (χ1v) is 7.22. The Kier molecular flexibility index (Phi) is 7.21. The quantitative estimate of drug-likeness (QED) is 0.649. The number of pyridine rings is 1. The van der Waals surface area contributed by atoms with E-state index in [2.05, 4.69) is 15.6 Å². The lowest BCUT2D eigenvalue weighted by molar-refractivity contribution is -0.137. The zero-order chi connectivity index (χ0) is 15.7. The third kappa shape index (κ3) is 6.74. The minimum absolute atomic E-state index is 0.184. The number of aliphatic carboxylic acids is 1. The second-order valence-electron chi connectivity index (χ2n) is 5.04. The van der Waals surface area contributed by atoms with Gasteiger partial charge in [-0.3, -0.25) is 14.6 Å². The molecule has 1 amide bonds. The van der Waals surface area contributed by atoms with Gasteiger partial charge in [0.15, 0.2) is 0 Å². The Morgan fingerprint density at radius 1 is 1.38 bits per heavy atom. The Bertz CT molecular complexity index is 477. The third-order valence-electron chi connectivity index (χ3n) is 3.15. The van der Waals surface area contributed by atoms with Gasteiger partial charge in [0.25, 0.3) is 5.91 Å². The maximum absolute atomic E-state index is 11.7. The van der Waals surface area contributed by atoms with Crippen molar-refractivity contribution in [3.05, 3.63) is 24.0 Å². The number of nitrogens with zero attached hydrogens (tertiary/aromatic N) is 1. The highest BCUT2D eigenvalue weighted by Gasteiger charge is 2.07. The highest BCUT2D eigenvalue weighted by Crippen LogP contribution is 2.12. The van der Waals surface area contributed by atoms with Crippen molar-refractivity contribution in [2.75, 3.05) is 18.4 Å². The summed E-state index contributed by atoms with van der Waals surface area (Å²) in [5.74, 6) is -0.593. The largest absolute Gasteiger partial charge is 0.481 e. The summed E-state index contributed by atoms with van der Waals surface area (Å²) in [5.41, 5.74) is 1.23. The molecular weight excluding hydrogens is 270 g/mol. The van der Waals surface area contributed by atoms with E-state index >= 15 is 0 Å². The number of aromatic nitrogens is 1. The van der Waals surface area contributed by atoms with Crippen LogP contribution < -0.4 is 10.6 Å². The molecule has 1 atom stereocenters. The SMILES string of the molecule is CCNC(=O)c1cc(NCCC(C)CCC(=O)O)ccn1. The summed E-state index contributed by atoms with van der Waals surface area (Å²) in [6, 6.07) is 3.53. The molecular formula is C15H23N3O3. The van der Waals surface area contributed by atoms with Crippen LogP contribution in [0, 0.1) is 5.92 Å². The standard InChI is InChI=1S/C15H23N3O3/c1-3-16-15(21)13-10-12(7-9-18-13)17-8-6-11(2)4-5-14(19)20/h7,9-11H,3-6,8H2,1-2H3,(H,16,21)(H,17,18)(H,19,20). The highest BCUT2D eigenvalue weighted by atomic mass is 16.4. The second-order valence-corrected chi connectivity index (χ2v) is 5.04. The second kappa shape index (κ2) is 8.94. The Balaban J connectivity index is 2.40. The van der Waals surface area contributed by atoms with E-state index in [4.69, 9.17) is 5.11 Å². The van der Waals surface area contributed by atoms with E-state index in [0.29, 0.717) is 24.6 Å². The number of carboxylic acid groups (broad SMARTS) is 1. The summed E-state index contributed by atoms with van der Waals surface area (Å²) in [6.45, 7) is 5.20. The van der Waals surface area contributed by atoms with Crippen molar-refractivity contribution in [3.8, 4) is 0 Å². The maximum Gasteiger partial charge on any atom is 0.303 e. The van der Waals surface area contributed by atoms with Gasteiger partial charge in [0, 0.05) is 31.4 Å². The van der Waals surface area contributed by atoms with Gasteiger partial charge in [-0.2, -0.15) is 0 Å². The van der Waals surface area contributed by atoms with E-state index < -0.39 is 5.97 Å². The van der Waals surface area contributed by atoms with Crippen molar-refractivity contribution in [1.29, 1.82) is 0 Å². The molecule has 1 heterocycles. The summed E-state index contributed by atoms with van der Waals surface area (Å²) in [4.78, 5) is 26.2. The molecule has 6 nitrogen and oxygen atoms in total. The van der Waals surface area contributed by atoms with Crippen molar-refractivity contribution in [1.82, 2.24) is 10.3 Å². The first-order chi connectivity index (χ1) is 10.0. The molecule has 0 bridgehead atoms. The van der Waals surface area contributed by atoms with E-state index in [-0.39, 0.29) is 12.3 Å². The van der Waals surface area contributed by atoms with Crippen LogP contribution >= 0.6 is 0 Å². The zero-order valence-corrected chi connectivity index (χ0v) is 12.6. The average molecular weight is 293 g/mol. The van der Waals surface area contributed by atoms with Gasteiger partial charge in [-0.05, 0) is 37.8 Å². The van der Waals surface area contributed by atoms with Crippen molar-refractivity contribution < 1.29 is 14.7 Å². The molecule has 6 heteroatoms. The third-order valence-corrected chi connectivity index (χ3v) is 3.15. The number of hydrogen-bond acceptors (Lipinski definition) is 4. The molecule has 0 fully saturated rings. The molecule has 0 aromatic carbocycles. The highest BCUT2D eigenvalue weighted by molar-refractivity contribution is 5.93. The fourth-order valence-corrected chi connectivity index (χ4v) is 1.89. The molecule has 21 heavy (non-hydrogen) atoms. The summed E-state index contributed by atoms with van der Waals surface area (Å²) >= 11 is 0. The molecule has 0 spiro atoms. The van der Waals surface area contributed by atoms with E-state index in [1.54, 1.807) is 12.3 Å². The maximum atomic E-state index is 11.7. The first kappa shape index (κ1) is 16.9. The van der Waals surface area contributed by atoms with Crippen molar-refractivity contribution in [2.45, 2.75) is 33.1 Å². The predicted octanol–water partition coefficient (Wildman–Crippen LogP) is 2.13. The topological polar surface area (TPSA) is 91.3 Å². The lowest BCUT2D eigenvalue weighted by Gasteiger charge is -2.12. The summed E-state index contributed by atoms with van der Waals surface area (Å²) < 4.78 is 0. The molecule has 1 aromatic rings. The Morgan fingerprint density at radius 2 is 2.14 bits per heavy atom. The molecule has 3 N–H and O–H groups in total. The summed E-state index contributed by atoms with van der Waals surface area (Å²) in [5, 5.41) is 14.6. The van der Waals surface area contributed by atoms with Gasteiger partial charge in [0.2, 0.25) is 0 Å². The molecule has 0 aliphatic rings. The molecule has 0 aliphatic heterocycles. The van der Waals surface area contributed by atoms with Crippen molar-refractivity contribution >= 4 is 17.6 Å². The number of carbonyl (C=O) groups excluding carboxylic acids is 1. The minimum atomic E-state index is -0.754. The van der Waals surface area contributed by atoms with Crippen LogP contribution in [0.2, 0.25) is 0 Å². The van der Waals surface area contributed by atoms with Crippen LogP contribution in [0.25, 0.3) is 0 Å². The Morgan fingerprint density at radius 3 is 2.81 bits per heavy atom. The minimum Gasteiger partial charge on any atom is -0.481 e. The van der Waals surface area contributed by atoms with E-state index in [1.807, 2.05) is 19.9 Å². The van der Waals surface area contributed by atoms with Crippen LogP contribution in [-0.2, 0) is 4.79 Å². The number of amides is 1. The molecule has 1 unspecified atom stereocenters. The summed E-state index contributed by atoms with van der Waals surface area (Å²) in [7, 11) is 0. The number of anilines is 1. The monoisotopic (exact) mass is 293 g/mol. The van der Waals surface area contributed by atoms with Gasteiger partial charge in [-0.25, -0.2) is 0 Å². The number of hydrogen-bond donors (Lipinski definition) is 3. The molecule has 1 aromatic heterocycles. The van der Waals surface area contributed by atoms with Gasteiger partial charge in [0.05, 0.1) is 0 Å². The van der Waals surface area contributed by atoms with Gasteiger partial charge in [-0.15, -0.1) is 0 Å². The lowest BCUT2D eigenvalue weighted by atomic mass is 10.0. The molecule has 0 aliphatic carbocycles. The molecule has 0 saturated heterocycles. The molecule has 0 saturated carbocycles. The molecule has 116 valence electrons. The van der Waals surface area contributed by atoms with Crippen LogP contribution in [0.15, 0.2) is 18.3 Å². The predicted molar refractivity (Wildman–Crippen MR) is 81.4 cm³/mol.